The molecular weight excluding hydrogens is 366 g/mol. The van der Waals surface area contributed by atoms with Crippen LogP contribution in [0.5, 0.6) is 0 Å². The molecule has 0 bridgehead atoms. The van der Waals surface area contributed by atoms with E-state index in [4.69, 9.17) is 4.74 Å². The van der Waals surface area contributed by atoms with Crippen LogP contribution in [-0.4, -0.2) is 54.2 Å². The van der Waals surface area contributed by atoms with Crippen LogP contribution < -0.4 is 5.32 Å². The molecule has 2 heterocycles. The first-order chi connectivity index (χ1) is 12.9. The number of thiazole rings is 1. The molecule has 1 aromatic heterocycles. The monoisotopic (exact) mass is 389 g/mol. The van der Waals surface area contributed by atoms with Crippen LogP contribution in [0.2, 0.25) is 0 Å². The maximum Gasteiger partial charge on any atom is 0.337 e. The van der Waals surface area contributed by atoms with Crippen molar-refractivity contribution in [2.75, 3.05) is 25.5 Å². The number of aromatic nitrogens is 1. The lowest BCUT2D eigenvalue weighted by atomic mass is 10.1. The van der Waals surface area contributed by atoms with E-state index in [-0.39, 0.29) is 18.1 Å². The van der Waals surface area contributed by atoms with E-state index in [2.05, 4.69) is 33.8 Å². The number of benzene rings is 1. The average Bonchev–Trinajstić information content (AvgIpc) is 3.07. The summed E-state index contributed by atoms with van der Waals surface area (Å²) in [5.74, 6) is -0.695. The minimum absolute atomic E-state index is 0.208. The molecule has 3 rings (SSSR count). The first-order valence-corrected chi connectivity index (χ1v) is 9.64. The van der Waals surface area contributed by atoms with Crippen LogP contribution in [0.4, 0.5) is 5.13 Å². The van der Waals surface area contributed by atoms with Crippen LogP contribution >= 0.6 is 11.3 Å². The van der Waals surface area contributed by atoms with Crippen molar-refractivity contribution in [3.63, 3.8) is 0 Å². The van der Waals surface area contributed by atoms with Gasteiger partial charge in [-0.3, -0.25) is 15.0 Å². The van der Waals surface area contributed by atoms with Crippen molar-refractivity contribution in [3.05, 3.63) is 46.5 Å². The number of methoxy groups -OCH3 is 1. The number of rotatable bonds is 5. The Morgan fingerprint density at radius 3 is 2.48 bits per heavy atom. The zero-order valence-corrected chi connectivity index (χ0v) is 16.4. The molecule has 0 spiro atoms. The third kappa shape index (κ3) is 5.12. The highest BCUT2D eigenvalue weighted by atomic mass is 32.1. The van der Waals surface area contributed by atoms with Crippen molar-refractivity contribution in [1.29, 1.82) is 0 Å². The molecule has 1 aromatic carbocycles. The molecule has 0 aliphatic carbocycles. The van der Waals surface area contributed by atoms with Gasteiger partial charge in [-0.1, -0.05) is 0 Å². The zero-order valence-electron chi connectivity index (χ0n) is 15.6. The Kier molecular flexibility index (Phi) is 6.20. The van der Waals surface area contributed by atoms with E-state index < -0.39 is 5.97 Å². The minimum atomic E-state index is -0.432. The number of hydrogen-bond acceptors (Lipinski definition) is 7. The van der Waals surface area contributed by atoms with E-state index in [0.29, 0.717) is 16.3 Å². The molecular formula is C19H23N3O4S. The van der Waals surface area contributed by atoms with Gasteiger partial charge in [0.1, 0.15) is 0 Å². The lowest BCUT2D eigenvalue weighted by Gasteiger charge is -2.34. The predicted octanol–water partition coefficient (Wildman–Crippen LogP) is 2.79. The Bertz CT molecular complexity index is 796. The minimum Gasteiger partial charge on any atom is -0.465 e. The summed E-state index contributed by atoms with van der Waals surface area (Å²) < 4.78 is 10.4. The Hall–Kier alpha value is -2.29. The number of nitrogens with one attached hydrogen (secondary N) is 1. The maximum atomic E-state index is 12.4. The fourth-order valence-electron chi connectivity index (χ4n) is 3.12. The normalized spacial score (nSPS) is 20.3. The summed E-state index contributed by atoms with van der Waals surface area (Å²) in [7, 11) is 1.32. The highest BCUT2D eigenvalue weighted by Gasteiger charge is 2.22. The molecule has 2 atom stereocenters. The third-order valence-electron chi connectivity index (χ3n) is 4.22. The van der Waals surface area contributed by atoms with Gasteiger partial charge in [-0.05, 0) is 38.1 Å². The number of hydrogen-bond donors (Lipinski definition) is 1. The van der Waals surface area contributed by atoms with E-state index >= 15 is 0 Å². The fraction of sp³-hybridized carbons (Fsp3) is 0.421. The predicted molar refractivity (Wildman–Crippen MR) is 103 cm³/mol. The molecule has 2 aromatic rings. The van der Waals surface area contributed by atoms with Crippen molar-refractivity contribution >= 4 is 28.3 Å². The van der Waals surface area contributed by atoms with Crippen molar-refractivity contribution in [2.24, 2.45) is 0 Å². The van der Waals surface area contributed by atoms with Gasteiger partial charge < -0.3 is 9.47 Å². The summed E-state index contributed by atoms with van der Waals surface area (Å²) in [6.07, 6.45) is 0.416. The lowest BCUT2D eigenvalue weighted by molar-refractivity contribution is -0.0707. The molecule has 7 nitrogen and oxygen atoms in total. The van der Waals surface area contributed by atoms with Gasteiger partial charge >= 0.3 is 5.97 Å². The zero-order chi connectivity index (χ0) is 19.4. The fourth-order valence-corrected chi connectivity index (χ4v) is 3.82. The summed E-state index contributed by atoms with van der Waals surface area (Å²) in [5.41, 5.74) is 1.78. The SMILES string of the molecule is COC(=O)c1ccc(C(=O)Nc2nc(CN3C[C@@H](C)O[C@H](C)C3)cs2)cc1. The molecule has 1 fully saturated rings. The van der Waals surface area contributed by atoms with Gasteiger partial charge in [0.05, 0.1) is 30.6 Å². The molecule has 0 unspecified atom stereocenters. The Balaban J connectivity index is 1.58. The molecule has 1 saturated heterocycles. The molecule has 144 valence electrons. The molecule has 0 radical (unpaired) electrons. The molecule has 0 saturated carbocycles. The quantitative estimate of drug-likeness (QED) is 0.792. The topological polar surface area (TPSA) is 80.8 Å². The number of anilines is 1. The number of carbonyl (C=O) groups is 2. The number of ether oxygens (including phenoxy) is 2. The standard InChI is InChI=1S/C19H23N3O4S/c1-12-8-22(9-13(2)26-12)10-16-11-27-19(20-16)21-17(23)14-4-6-15(7-5-14)18(24)25-3/h4-7,11-13H,8-10H2,1-3H3,(H,20,21,23)/t12-,13-/m1/s1. The number of morpholine rings is 1. The van der Waals surface area contributed by atoms with Gasteiger partial charge in [-0.15, -0.1) is 11.3 Å². The summed E-state index contributed by atoms with van der Waals surface area (Å²) in [6.45, 7) is 6.62. The van der Waals surface area contributed by atoms with Crippen LogP contribution in [-0.2, 0) is 16.0 Å². The second-order valence-corrected chi connectivity index (χ2v) is 7.48. The Morgan fingerprint density at radius 1 is 1.22 bits per heavy atom. The van der Waals surface area contributed by atoms with Crippen molar-refractivity contribution in [3.8, 4) is 0 Å². The molecule has 8 heteroatoms. The van der Waals surface area contributed by atoms with Gasteiger partial charge in [0.15, 0.2) is 5.13 Å². The molecule has 27 heavy (non-hydrogen) atoms. The van der Waals surface area contributed by atoms with Crippen LogP contribution in [0.1, 0.15) is 40.3 Å². The Labute approximate surface area is 162 Å². The van der Waals surface area contributed by atoms with Gasteiger partial charge in [-0.25, -0.2) is 9.78 Å². The molecule has 1 aliphatic rings. The molecule has 1 aliphatic heterocycles. The van der Waals surface area contributed by atoms with Gasteiger partial charge in [0.25, 0.3) is 5.91 Å². The van der Waals surface area contributed by atoms with E-state index in [1.807, 2.05) is 5.38 Å². The lowest BCUT2D eigenvalue weighted by Crippen LogP contribution is -2.44. The second kappa shape index (κ2) is 8.60. The van der Waals surface area contributed by atoms with Crippen molar-refractivity contribution in [1.82, 2.24) is 9.88 Å². The van der Waals surface area contributed by atoms with E-state index in [1.165, 1.54) is 18.4 Å². The number of carbonyl (C=O) groups excluding carboxylic acids is 2. The van der Waals surface area contributed by atoms with Crippen LogP contribution in [0, 0.1) is 0 Å². The number of nitrogens with zero attached hydrogens (tertiary/aromatic N) is 2. The first kappa shape index (κ1) is 19.5. The highest BCUT2D eigenvalue weighted by Crippen LogP contribution is 2.20. The third-order valence-corrected chi connectivity index (χ3v) is 5.03. The van der Waals surface area contributed by atoms with Gasteiger partial charge in [0, 0.05) is 30.6 Å². The van der Waals surface area contributed by atoms with Crippen molar-refractivity contribution in [2.45, 2.75) is 32.6 Å². The molecule has 1 N–H and O–H groups in total. The van der Waals surface area contributed by atoms with Crippen LogP contribution in [0.25, 0.3) is 0 Å². The van der Waals surface area contributed by atoms with Crippen LogP contribution in [0.15, 0.2) is 29.6 Å². The summed E-state index contributed by atoms with van der Waals surface area (Å²) in [5, 5.41) is 5.32. The first-order valence-electron chi connectivity index (χ1n) is 8.76. The maximum absolute atomic E-state index is 12.4. The summed E-state index contributed by atoms with van der Waals surface area (Å²) >= 11 is 1.40. The van der Waals surface area contributed by atoms with Crippen LogP contribution in [0.3, 0.4) is 0 Å². The van der Waals surface area contributed by atoms with E-state index in [9.17, 15) is 9.59 Å². The highest BCUT2D eigenvalue weighted by molar-refractivity contribution is 7.13. The second-order valence-electron chi connectivity index (χ2n) is 6.62. The average molecular weight is 389 g/mol. The molecule has 1 amide bonds. The van der Waals surface area contributed by atoms with Gasteiger partial charge in [-0.2, -0.15) is 0 Å². The summed E-state index contributed by atoms with van der Waals surface area (Å²) in [6, 6.07) is 6.31. The largest absolute Gasteiger partial charge is 0.465 e. The smallest absolute Gasteiger partial charge is 0.337 e. The number of esters is 1. The van der Waals surface area contributed by atoms with E-state index in [1.54, 1.807) is 24.3 Å². The Morgan fingerprint density at radius 2 is 1.85 bits per heavy atom. The summed E-state index contributed by atoms with van der Waals surface area (Å²) in [4.78, 5) is 30.6. The van der Waals surface area contributed by atoms with E-state index in [0.717, 1.165) is 25.3 Å². The van der Waals surface area contributed by atoms with Crippen molar-refractivity contribution < 1.29 is 19.1 Å². The number of amides is 1. The van der Waals surface area contributed by atoms with Gasteiger partial charge in [0.2, 0.25) is 0 Å².